The van der Waals surface area contributed by atoms with Crippen molar-refractivity contribution in [2.24, 2.45) is 10.7 Å². The zero-order valence-corrected chi connectivity index (χ0v) is 19.6. The number of nitrogens with zero attached hydrogens (tertiary/aromatic N) is 3. The third-order valence-corrected chi connectivity index (χ3v) is 6.72. The molecule has 168 valence electrons. The number of hydrogen-bond donors (Lipinski definition) is 1. The fourth-order valence-electron chi connectivity index (χ4n) is 3.15. The molecule has 0 aliphatic carbocycles. The smallest absolute Gasteiger partial charge is 0.233 e. The maximum Gasteiger partial charge on any atom is 0.233 e. The number of benzene rings is 1. The lowest BCUT2D eigenvalue weighted by molar-refractivity contribution is 0.266. The molecule has 0 radical (unpaired) electrons. The van der Waals surface area contributed by atoms with Gasteiger partial charge in [-0.2, -0.15) is 0 Å². The fourth-order valence-corrected chi connectivity index (χ4v) is 4.20. The van der Waals surface area contributed by atoms with E-state index >= 15 is 0 Å². The monoisotopic (exact) mass is 456 g/mol. The van der Waals surface area contributed by atoms with Crippen molar-refractivity contribution in [1.29, 1.82) is 0 Å². The number of thioether (sulfide) groups is 1. The van der Waals surface area contributed by atoms with Crippen LogP contribution in [0, 0.1) is 17.7 Å². The van der Waals surface area contributed by atoms with E-state index in [1.807, 2.05) is 20.8 Å². The highest BCUT2D eigenvalue weighted by Gasteiger charge is 2.39. The van der Waals surface area contributed by atoms with Gasteiger partial charge in [-0.25, -0.2) is 18.7 Å². The number of hydrogen-bond acceptors (Lipinski definition) is 6. The molecular formula is C24H26F2N4OS. The van der Waals surface area contributed by atoms with Crippen LogP contribution in [0.1, 0.15) is 51.4 Å². The molecule has 32 heavy (non-hydrogen) atoms. The van der Waals surface area contributed by atoms with E-state index in [1.165, 1.54) is 30.6 Å². The van der Waals surface area contributed by atoms with Gasteiger partial charge in [-0.05, 0) is 58.4 Å². The van der Waals surface area contributed by atoms with Gasteiger partial charge in [-0.15, -0.1) is 17.7 Å². The first-order valence-electron chi connectivity index (χ1n) is 10.1. The van der Waals surface area contributed by atoms with Gasteiger partial charge in [0.1, 0.15) is 17.3 Å². The lowest BCUT2D eigenvalue weighted by atomic mass is 9.91. The van der Waals surface area contributed by atoms with Gasteiger partial charge in [-0.1, -0.05) is 12.0 Å². The van der Waals surface area contributed by atoms with Gasteiger partial charge in [0.25, 0.3) is 0 Å². The third kappa shape index (κ3) is 5.28. The van der Waals surface area contributed by atoms with Gasteiger partial charge < -0.3 is 10.5 Å². The van der Waals surface area contributed by atoms with Gasteiger partial charge in [0.05, 0.1) is 22.7 Å². The first kappa shape index (κ1) is 23.7. The van der Waals surface area contributed by atoms with Crippen molar-refractivity contribution in [3.8, 4) is 17.7 Å². The zero-order chi connectivity index (χ0) is 23.5. The van der Waals surface area contributed by atoms with Gasteiger partial charge >= 0.3 is 0 Å². The van der Waals surface area contributed by atoms with Crippen LogP contribution in [0.15, 0.2) is 35.6 Å². The molecule has 1 aromatic carbocycles. The van der Waals surface area contributed by atoms with E-state index < -0.39 is 17.2 Å². The second-order valence-corrected chi connectivity index (χ2v) is 9.79. The Bertz CT molecular complexity index is 1120. The number of rotatable bonds is 5. The maximum absolute atomic E-state index is 14.8. The minimum Gasteiger partial charge on any atom is -0.460 e. The lowest BCUT2D eigenvalue weighted by Crippen LogP contribution is -2.44. The number of ether oxygens (including phenoxy) is 1. The second kappa shape index (κ2) is 9.29. The Hall–Kier alpha value is -2.92. The number of nitrogens with two attached hydrogens (primary N) is 1. The molecular weight excluding hydrogens is 430 g/mol. The SMILES string of the molecule is CC#C[C@H](C)Oc1cnc(/C(F)=C/c2ccc(F)c([C@]3(C)CSC(C)(C)C(N)=N3)c2)cn1. The summed E-state index contributed by atoms with van der Waals surface area (Å²) in [5.41, 5.74) is 6.18. The molecule has 2 N–H and O–H groups in total. The third-order valence-electron chi connectivity index (χ3n) is 5.08. The van der Waals surface area contributed by atoms with Crippen LogP contribution in [-0.2, 0) is 5.54 Å². The number of aliphatic imine (C=N–C) groups is 1. The molecule has 3 rings (SSSR count). The molecule has 2 heterocycles. The van der Waals surface area contributed by atoms with Crippen molar-refractivity contribution in [2.45, 2.75) is 51.0 Å². The van der Waals surface area contributed by atoms with E-state index in [9.17, 15) is 8.78 Å². The lowest BCUT2D eigenvalue weighted by Gasteiger charge is -2.37. The van der Waals surface area contributed by atoms with E-state index in [-0.39, 0.29) is 22.4 Å². The maximum atomic E-state index is 14.8. The van der Waals surface area contributed by atoms with Crippen molar-refractivity contribution in [3.63, 3.8) is 0 Å². The van der Waals surface area contributed by atoms with E-state index in [1.54, 1.807) is 31.7 Å². The summed E-state index contributed by atoms with van der Waals surface area (Å²) < 4.78 is 34.7. The Kier molecular flexibility index (Phi) is 6.89. The van der Waals surface area contributed by atoms with Crippen molar-refractivity contribution in [1.82, 2.24) is 9.97 Å². The number of aromatic nitrogens is 2. The summed E-state index contributed by atoms with van der Waals surface area (Å²) in [6.45, 7) is 9.29. The summed E-state index contributed by atoms with van der Waals surface area (Å²) in [7, 11) is 0. The van der Waals surface area contributed by atoms with Crippen LogP contribution < -0.4 is 10.5 Å². The topological polar surface area (TPSA) is 73.4 Å². The Labute approximate surface area is 191 Å². The van der Waals surface area contributed by atoms with Crippen LogP contribution in [0.3, 0.4) is 0 Å². The summed E-state index contributed by atoms with van der Waals surface area (Å²) in [6, 6.07) is 4.42. The molecule has 2 atom stereocenters. The minimum atomic E-state index is -0.842. The van der Waals surface area contributed by atoms with E-state index in [0.29, 0.717) is 22.7 Å². The van der Waals surface area contributed by atoms with Crippen LogP contribution in [0.2, 0.25) is 0 Å². The molecule has 1 aromatic heterocycles. The fraction of sp³-hybridized carbons (Fsp3) is 0.375. The molecule has 1 aliphatic heterocycles. The normalized spacial score (nSPS) is 21.2. The largest absolute Gasteiger partial charge is 0.460 e. The molecule has 0 saturated heterocycles. The van der Waals surface area contributed by atoms with Crippen LogP contribution in [-0.4, -0.2) is 32.4 Å². The van der Waals surface area contributed by atoms with Gasteiger partial charge in [0, 0.05) is 11.3 Å². The first-order valence-corrected chi connectivity index (χ1v) is 11.1. The molecule has 0 amide bonds. The zero-order valence-electron chi connectivity index (χ0n) is 18.7. The number of amidine groups is 1. The van der Waals surface area contributed by atoms with Crippen LogP contribution in [0.4, 0.5) is 8.78 Å². The quantitative estimate of drug-likeness (QED) is 0.643. The molecule has 1 aliphatic rings. The van der Waals surface area contributed by atoms with Crippen molar-refractivity contribution in [2.75, 3.05) is 5.75 Å². The van der Waals surface area contributed by atoms with Crippen LogP contribution >= 0.6 is 11.8 Å². The molecule has 2 aromatic rings. The Morgan fingerprint density at radius 1 is 1.28 bits per heavy atom. The summed E-state index contributed by atoms with van der Waals surface area (Å²) >= 11 is 1.61. The molecule has 0 bridgehead atoms. The van der Waals surface area contributed by atoms with E-state index in [2.05, 4.69) is 26.8 Å². The highest BCUT2D eigenvalue weighted by atomic mass is 32.2. The summed E-state index contributed by atoms with van der Waals surface area (Å²) in [6.07, 6.45) is 3.56. The van der Waals surface area contributed by atoms with Crippen molar-refractivity contribution >= 4 is 29.5 Å². The van der Waals surface area contributed by atoms with Crippen molar-refractivity contribution < 1.29 is 13.5 Å². The second-order valence-electron chi connectivity index (χ2n) is 8.20. The molecule has 0 fully saturated rings. The number of halogens is 2. The Morgan fingerprint density at radius 3 is 2.66 bits per heavy atom. The standard InChI is InChI=1S/C24H26F2N4OS/c1-6-7-15(2)31-21-13-28-20(12-29-21)19(26)11-16-8-9-18(25)17(10-16)24(5)14-32-23(3,4)22(27)30-24/h8-13,15H,14H2,1-5H3,(H2,27,30)/b19-11-/t15-,24-/m0/s1. The summed E-state index contributed by atoms with van der Waals surface area (Å²) in [5, 5.41) is 0. The molecule has 0 unspecified atom stereocenters. The predicted octanol–water partition coefficient (Wildman–Crippen LogP) is 4.97. The first-order chi connectivity index (χ1) is 15.0. The minimum absolute atomic E-state index is 0.0425. The highest BCUT2D eigenvalue weighted by Crippen LogP contribution is 2.41. The van der Waals surface area contributed by atoms with Crippen LogP contribution in [0.5, 0.6) is 5.88 Å². The highest BCUT2D eigenvalue weighted by molar-refractivity contribution is 8.01. The Balaban J connectivity index is 1.86. The summed E-state index contributed by atoms with van der Waals surface area (Å²) in [5.74, 6) is 5.84. The molecule has 0 spiro atoms. The van der Waals surface area contributed by atoms with E-state index in [0.717, 1.165) is 0 Å². The molecule has 0 saturated carbocycles. The average Bonchev–Trinajstić information content (AvgIpc) is 2.73. The Morgan fingerprint density at radius 2 is 2.03 bits per heavy atom. The van der Waals surface area contributed by atoms with Crippen molar-refractivity contribution in [3.05, 3.63) is 53.2 Å². The average molecular weight is 457 g/mol. The van der Waals surface area contributed by atoms with Gasteiger partial charge in [0.15, 0.2) is 11.9 Å². The van der Waals surface area contributed by atoms with Gasteiger partial charge in [0.2, 0.25) is 5.88 Å². The predicted molar refractivity (Wildman–Crippen MR) is 126 cm³/mol. The van der Waals surface area contributed by atoms with E-state index in [4.69, 9.17) is 10.5 Å². The molecule has 8 heteroatoms. The summed E-state index contributed by atoms with van der Waals surface area (Å²) in [4.78, 5) is 12.7. The van der Waals surface area contributed by atoms with Gasteiger partial charge in [-0.3, -0.25) is 4.99 Å². The van der Waals surface area contributed by atoms with Crippen LogP contribution in [0.25, 0.3) is 11.9 Å². The molecule has 5 nitrogen and oxygen atoms in total.